The minimum absolute atomic E-state index is 0.0309. The highest BCUT2D eigenvalue weighted by molar-refractivity contribution is 7.19. The number of carboxylic acids is 1. The van der Waals surface area contributed by atoms with Gasteiger partial charge in [0.2, 0.25) is 0 Å². The number of amides is 1. The van der Waals surface area contributed by atoms with Gasteiger partial charge in [0.25, 0.3) is 5.91 Å². The van der Waals surface area contributed by atoms with Gasteiger partial charge in [0.15, 0.2) is 11.5 Å². The number of hydrogen-bond donors (Lipinski definition) is 1. The molecule has 9 nitrogen and oxygen atoms in total. The van der Waals surface area contributed by atoms with Crippen LogP contribution in [0.1, 0.15) is 39.5 Å². The Kier molecular flexibility index (Phi) is 5.89. The molecule has 0 bridgehead atoms. The molecule has 3 aromatic rings. The second-order valence-corrected chi connectivity index (χ2v) is 8.63. The third kappa shape index (κ3) is 4.11. The van der Waals surface area contributed by atoms with E-state index in [2.05, 4.69) is 10.3 Å². The Labute approximate surface area is 180 Å². The summed E-state index contributed by atoms with van der Waals surface area (Å²) in [5.41, 5.74) is 0.478. The number of aromatic nitrogens is 3. The number of halogens is 1. The molecule has 0 saturated carbocycles. The summed E-state index contributed by atoms with van der Waals surface area (Å²) in [6.45, 7) is 1.09. The highest BCUT2D eigenvalue weighted by atomic mass is 35.5. The van der Waals surface area contributed by atoms with Gasteiger partial charge >= 0.3 is 5.97 Å². The van der Waals surface area contributed by atoms with Crippen LogP contribution in [0.25, 0.3) is 10.6 Å². The lowest BCUT2D eigenvalue weighted by atomic mass is 10.2. The van der Waals surface area contributed by atoms with Gasteiger partial charge in [0, 0.05) is 25.8 Å². The zero-order valence-electron chi connectivity index (χ0n) is 16.1. The molecule has 0 spiro atoms. The molecule has 1 atom stereocenters. The Bertz CT molecular complexity index is 1070. The van der Waals surface area contributed by atoms with Gasteiger partial charge in [-0.15, -0.1) is 11.3 Å². The van der Waals surface area contributed by atoms with Crippen LogP contribution in [0.5, 0.6) is 0 Å². The first-order chi connectivity index (χ1) is 14.5. The summed E-state index contributed by atoms with van der Waals surface area (Å²) < 4.78 is 12.4. The first kappa shape index (κ1) is 20.6. The highest BCUT2D eigenvalue weighted by Gasteiger charge is 2.31. The number of nitrogens with zero attached hydrogens (tertiary/aromatic N) is 4. The van der Waals surface area contributed by atoms with E-state index in [0.717, 1.165) is 17.7 Å². The number of aromatic carboxylic acids is 1. The summed E-state index contributed by atoms with van der Waals surface area (Å²) in [5.74, 6) is -0.947. The molecule has 1 amide bonds. The van der Waals surface area contributed by atoms with Crippen molar-refractivity contribution < 1.29 is 24.0 Å². The number of rotatable bonds is 7. The lowest BCUT2D eigenvalue weighted by Crippen LogP contribution is -2.38. The SMILES string of the molecule is COCC1CCCN1C(=O)c1cc(C(=O)O)n(Cc2cc(-c3ccc(Cl)s3)on2)n1. The lowest BCUT2D eigenvalue weighted by molar-refractivity contribution is 0.0623. The van der Waals surface area contributed by atoms with Crippen LogP contribution in [0.3, 0.4) is 0 Å². The zero-order valence-corrected chi connectivity index (χ0v) is 17.6. The zero-order chi connectivity index (χ0) is 21.3. The molecule has 1 unspecified atom stereocenters. The summed E-state index contributed by atoms with van der Waals surface area (Å²) in [7, 11) is 1.59. The van der Waals surface area contributed by atoms with Crippen molar-refractivity contribution in [3.8, 4) is 10.6 Å². The van der Waals surface area contributed by atoms with Gasteiger partial charge in [-0.05, 0) is 25.0 Å². The van der Waals surface area contributed by atoms with Crippen LogP contribution < -0.4 is 0 Å². The fraction of sp³-hybridized carbons (Fsp3) is 0.368. The van der Waals surface area contributed by atoms with E-state index in [1.54, 1.807) is 24.1 Å². The molecular weight excluding hydrogens is 432 g/mol. The van der Waals surface area contributed by atoms with Crippen LogP contribution in [-0.2, 0) is 11.3 Å². The normalized spacial score (nSPS) is 16.3. The predicted octanol–water partition coefficient (Wildman–Crippen LogP) is 3.25. The molecule has 1 saturated heterocycles. The third-order valence-electron chi connectivity index (χ3n) is 4.90. The van der Waals surface area contributed by atoms with Gasteiger partial charge in [-0.3, -0.25) is 9.48 Å². The topological polar surface area (TPSA) is 111 Å². The van der Waals surface area contributed by atoms with Crippen LogP contribution in [0.15, 0.2) is 28.8 Å². The Hall–Kier alpha value is -2.69. The van der Waals surface area contributed by atoms with Gasteiger partial charge in [-0.2, -0.15) is 5.10 Å². The predicted molar refractivity (Wildman–Crippen MR) is 109 cm³/mol. The van der Waals surface area contributed by atoms with Crippen molar-refractivity contribution in [1.82, 2.24) is 19.8 Å². The molecule has 1 aliphatic heterocycles. The highest BCUT2D eigenvalue weighted by Crippen LogP contribution is 2.31. The molecule has 1 fully saturated rings. The third-order valence-corrected chi connectivity index (χ3v) is 6.15. The molecule has 0 aromatic carbocycles. The van der Waals surface area contributed by atoms with Crippen molar-refractivity contribution in [2.75, 3.05) is 20.3 Å². The summed E-state index contributed by atoms with van der Waals surface area (Å²) >= 11 is 7.30. The molecule has 0 radical (unpaired) electrons. The molecule has 3 aromatic heterocycles. The maximum atomic E-state index is 12.9. The smallest absolute Gasteiger partial charge is 0.354 e. The van der Waals surface area contributed by atoms with Crippen molar-refractivity contribution in [2.45, 2.75) is 25.4 Å². The fourth-order valence-electron chi connectivity index (χ4n) is 3.53. The van der Waals surface area contributed by atoms with Gasteiger partial charge in [-0.25, -0.2) is 4.79 Å². The number of carbonyl (C=O) groups is 2. The Morgan fingerprint density at radius 2 is 2.23 bits per heavy atom. The van der Waals surface area contributed by atoms with Gasteiger partial charge in [0.05, 0.1) is 28.4 Å². The van der Waals surface area contributed by atoms with Crippen LogP contribution in [-0.4, -0.2) is 63.1 Å². The summed E-state index contributed by atoms with van der Waals surface area (Å²) in [5, 5.41) is 17.8. The first-order valence-corrected chi connectivity index (χ1v) is 10.5. The van der Waals surface area contributed by atoms with Crippen molar-refractivity contribution in [3.05, 3.63) is 45.7 Å². The number of carboxylic acid groups (broad SMARTS) is 1. The lowest BCUT2D eigenvalue weighted by Gasteiger charge is -2.23. The Morgan fingerprint density at radius 1 is 1.40 bits per heavy atom. The van der Waals surface area contributed by atoms with Gasteiger partial charge in [-0.1, -0.05) is 16.8 Å². The minimum atomic E-state index is -1.18. The van der Waals surface area contributed by atoms with E-state index in [-0.39, 0.29) is 29.9 Å². The van der Waals surface area contributed by atoms with E-state index in [0.29, 0.717) is 28.9 Å². The molecule has 1 N–H and O–H groups in total. The largest absolute Gasteiger partial charge is 0.477 e. The number of thiophene rings is 1. The van der Waals surface area contributed by atoms with E-state index in [9.17, 15) is 14.7 Å². The maximum absolute atomic E-state index is 12.9. The number of methoxy groups -OCH3 is 1. The second kappa shape index (κ2) is 8.58. The molecule has 4 heterocycles. The number of ether oxygens (including phenoxy) is 1. The molecule has 11 heteroatoms. The average Bonchev–Trinajstić information content (AvgIpc) is 3.48. The summed E-state index contributed by atoms with van der Waals surface area (Å²) in [6.07, 6.45) is 1.72. The Morgan fingerprint density at radius 3 is 2.93 bits per heavy atom. The maximum Gasteiger partial charge on any atom is 0.354 e. The van der Waals surface area contributed by atoms with Gasteiger partial charge in [0.1, 0.15) is 11.4 Å². The quantitative estimate of drug-likeness (QED) is 0.588. The molecule has 1 aliphatic rings. The average molecular weight is 451 g/mol. The van der Waals surface area contributed by atoms with Gasteiger partial charge < -0.3 is 19.3 Å². The van der Waals surface area contributed by atoms with E-state index in [4.69, 9.17) is 20.9 Å². The second-order valence-electron chi connectivity index (χ2n) is 6.91. The molecular formula is C19H19ClN4O5S. The van der Waals surface area contributed by atoms with Crippen LogP contribution in [0.4, 0.5) is 0 Å². The number of carbonyl (C=O) groups excluding carboxylic acids is 1. The van der Waals surface area contributed by atoms with E-state index in [1.165, 1.54) is 22.1 Å². The van der Waals surface area contributed by atoms with Crippen LogP contribution in [0.2, 0.25) is 4.34 Å². The summed E-state index contributed by atoms with van der Waals surface area (Å²) in [6, 6.07) is 6.54. The van der Waals surface area contributed by atoms with Crippen LogP contribution in [0, 0.1) is 0 Å². The molecule has 4 rings (SSSR count). The van der Waals surface area contributed by atoms with Crippen molar-refractivity contribution in [2.24, 2.45) is 0 Å². The van der Waals surface area contributed by atoms with E-state index in [1.807, 2.05) is 6.07 Å². The fourth-order valence-corrected chi connectivity index (χ4v) is 4.52. The molecule has 30 heavy (non-hydrogen) atoms. The van der Waals surface area contributed by atoms with Crippen molar-refractivity contribution in [3.63, 3.8) is 0 Å². The number of likely N-dealkylation sites (tertiary alicyclic amines) is 1. The monoisotopic (exact) mass is 450 g/mol. The number of hydrogen-bond acceptors (Lipinski definition) is 7. The van der Waals surface area contributed by atoms with E-state index < -0.39 is 5.97 Å². The molecule has 158 valence electrons. The van der Waals surface area contributed by atoms with Crippen LogP contribution >= 0.6 is 22.9 Å². The Balaban J connectivity index is 1.57. The standard InChI is InChI=1S/C19H19ClN4O5S/c1-28-10-12-3-2-6-23(12)18(25)13-8-14(19(26)27)24(21-13)9-11-7-15(29-22-11)16-4-5-17(20)30-16/h4-5,7-8,12H,2-3,6,9-10H2,1H3,(H,26,27). The van der Waals surface area contributed by atoms with E-state index >= 15 is 0 Å². The first-order valence-electron chi connectivity index (χ1n) is 9.28. The van der Waals surface area contributed by atoms with Crippen molar-refractivity contribution in [1.29, 1.82) is 0 Å². The minimum Gasteiger partial charge on any atom is -0.477 e. The van der Waals surface area contributed by atoms with Crippen molar-refractivity contribution >= 4 is 34.8 Å². The molecule has 0 aliphatic carbocycles. The summed E-state index contributed by atoms with van der Waals surface area (Å²) in [4.78, 5) is 27.1.